The summed E-state index contributed by atoms with van der Waals surface area (Å²) in [5, 5.41) is 14.4. The Hall–Kier alpha value is -3.21. The van der Waals surface area contributed by atoms with Crippen LogP contribution >= 0.6 is 0 Å². The second kappa shape index (κ2) is 12.8. The van der Waals surface area contributed by atoms with Gasteiger partial charge in [-0.05, 0) is 57.6 Å². The number of benzene rings is 1. The molecule has 10 heteroatoms. The normalized spacial score (nSPS) is 20.4. The Balaban J connectivity index is 1.29. The predicted octanol–water partition coefficient (Wildman–Crippen LogP) is 4.69. The highest BCUT2D eigenvalue weighted by molar-refractivity contribution is 5.94. The zero-order valence-electron chi connectivity index (χ0n) is 24.8. The smallest absolute Gasteiger partial charge is 0.410 e. The zero-order valence-corrected chi connectivity index (χ0v) is 24.8. The van der Waals surface area contributed by atoms with Crippen LogP contribution in [0.1, 0.15) is 58.1 Å². The van der Waals surface area contributed by atoms with E-state index in [1.165, 1.54) is 5.56 Å². The number of ether oxygens (including phenoxy) is 2. The Labute approximate surface area is 242 Å². The number of aromatic nitrogens is 3. The third-order valence-corrected chi connectivity index (χ3v) is 7.92. The van der Waals surface area contributed by atoms with Crippen LogP contribution in [-0.4, -0.2) is 93.7 Å². The molecule has 41 heavy (non-hydrogen) atoms. The minimum absolute atomic E-state index is 0.207. The van der Waals surface area contributed by atoms with Crippen LogP contribution in [0.5, 0.6) is 0 Å². The summed E-state index contributed by atoms with van der Waals surface area (Å²) in [6.07, 6.45) is 7.18. The first-order chi connectivity index (χ1) is 19.7. The molecule has 0 radical (unpaired) electrons. The molecule has 1 aliphatic carbocycles. The van der Waals surface area contributed by atoms with Crippen LogP contribution in [-0.2, 0) is 16.0 Å². The highest BCUT2D eigenvalue weighted by Crippen LogP contribution is 2.36. The van der Waals surface area contributed by atoms with Gasteiger partial charge in [0.25, 0.3) is 0 Å². The molecule has 1 amide bonds. The van der Waals surface area contributed by atoms with Crippen molar-refractivity contribution in [3.05, 3.63) is 42.2 Å². The first kappa shape index (κ1) is 29.3. The molecule has 2 aliphatic rings. The monoisotopic (exact) mass is 564 g/mol. The maximum Gasteiger partial charge on any atom is 0.410 e. The molecule has 3 heterocycles. The van der Waals surface area contributed by atoms with Gasteiger partial charge >= 0.3 is 6.09 Å². The lowest BCUT2D eigenvalue weighted by atomic mass is 9.93. The molecule has 222 valence electrons. The van der Waals surface area contributed by atoms with E-state index in [1.54, 1.807) is 12.0 Å². The lowest BCUT2D eigenvalue weighted by molar-refractivity contribution is 0.0139. The van der Waals surface area contributed by atoms with E-state index in [9.17, 15) is 9.90 Å². The quantitative estimate of drug-likeness (QED) is 0.380. The molecule has 3 aromatic rings. The van der Waals surface area contributed by atoms with Crippen LogP contribution in [0.2, 0.25) is 0 Å². The number of aliphatic hydroxyl groups excluding tert-OH is 1. The van der Waals surface area contributed by atoms with Gasteiger partial charge in [-0.25, -0.2) is 9.78 Å². The van der Waals surface area contributed by atoms with Crippen molar-refractivity contribution in [2.45, 2.75) is 70.7 Å². The fourth-order valence-corrected chi connectivity index (χ4v) is 5.69. The largest absolute Gasteiger partial charge is 0.444 e. The number of rotatable bonds is 8. The van der Waals surface area contributed by atoms with E-state index in [1.807, 2.05) is 27.0 Å². The SMILES string of the molecule is COCCNc1ncc2c(-c3ccc(CN4CCN(C(=O)OC(C)(C)C)CC4)cc3)cn([C@H]3CC[C@H](O)CC3)c2n1. The standard InChI is InChI=1S/C31H44N6O4/c1-31(2,3)41-30(39)36-16-14-35(15-17-36)20-22-5-7-23(8-6-22)27-21-37(24-9-11-25(38)12-10-24)28-26(27)19-33-29(34-28)32-13-18-40-4/h5-8,19,21,24-25,38H,9-18,20H2,1-4H3,(H,32,33,34)/t24-,25-. The molecule has 10 nitrogen and oxygen atoms in total. The second-order valence-corrected chi connectivity index (χ2v) is 12.2. The molecule has 0 atom stereocenters. The summed E-state index contributed by atoms with van der Waals surface area (Å²) in [6.45, 7) is 10.8. The molecule has 0 spiro atoms. The van der Waals surface area contributed by atoms with Crippen molar-refractivity contribution in [3.63, 3.8) is 0 Å². The fourth-order valence-electron chi connectivity index (χ4n) is 5.69. The first-order valence-corrected chi connectivity index (χ1v) is 14.8. The van der Waals surface area contributed by atoms with Crippen LogP contribution in [0.15, 0.2) is 36.7 Å². The van der Waals surface area contributed by atoms with E-state index in [0.29, 0.717) is 38.2 Å². The molecular formula is C31H44N6O4. The van der Waals surface area contributed by atoms with Crippen LogP contribution in [0.4, 0.5) is 10.7 Å². The van der Waals surface area contributed by atoms with E-state index in [0.717, 1.165) is 67.5 Å². The molecule has 2 fully saturated rings. The second-order valence-electron chi connectivity index (χ2n) is 12.2. The molecule has 1 saturated heterocycles. The van der Waals surface area contributed by atoms with Crippen molar-refractivity contribution in [2.24, 2.45) is 0 Å². The summed E-state index contributed by atoms with van der Waals surface area (Å²) in [6, 6.07) is 9.05. The number of carbonyl (C=O) groups is 1. The van der Waals surface area contributed by atoms with E-state index < -0.39 is 5.60 Å². The van der Waals surface area contributed by atoms with Crippen LogP contribution in [0.3, 0.4) is 0 Å². The van der Waals surface area contributed by atoms with Crippen LogP contribution < -0.4 is 5.32 Å². The summed E-state index contributed by atoms with van der Waals surface area (Å²) in [5.41, 5.74) is 3.93. The van der Waals surface area contributed by atoms with Gasteiger partial charge in [0.2, 0.25) is 5.95 Å². The first-order valence-electron chi connectivity index (χ1n) is 14.8. The molecule has 5 rings (SSSR count). The number of fused-ring (bicyclic) bond motifs is 1. The lowest BCUT2D eigenvalue weighted by Crippen LogP contribution is -2.49. The van der Waals surface area contributed by atoms with Gasteiger partial charge in [0.05, 0.1) is 12.7 Å². The minimum Gasteiger partial charge on any atom is -0.444 e. The number of aliphatic hydroxyl groups is 1. The van der Waals surface area contributed by atoms with E-state index in [-0.39, 0.29) is 12.2 Å². The number of hydrogen-bond donors (Lipinski definition) is 2. The van der Waals surface area contributed by atoms with Gasteiger partial charge < -0.3 is 29.4 Å². The van der Waals surface area contributed by atoms with Gasteiger partial charge in [0.15, 0.2) is 0 Å². The Bertz CT molecular complexity index is 1300. The van der Waals surface area contributed by atoms with E-state index in [2.05, 4.69) is 50.2 Å². The lowest BCUT2D eigenvalue weighted by Gasteiger charge is -2.35. The van der Waals surface area contributed by atoms with Crippen molar-refractivity contribution in [3.8, 4) is 11.1 Å². The van der Waals surface area contributed by atoms with Crippen molar-refractivity contribution in [1.82, 2.24) is 24.3 Å². The zero-order chi connectivity index (χ0) is 29.0. The molecule has 1 aliphatic heterocycles. The minimum atomic E-state index is -0.476. The summed E-state index contributed by atoms with van der Waals surface area (Å²) < 4.78 is 13.0. The third-order valence-electron chi connectivity index (χ3n) is 7.92. The molecule has 0 unspecified atom stereocenters. The Morgan fingerprint density at radius 1 is 1.07 bits per heavy atom. The van der Waals surface area contributed by atoms with Crippen molar-refractivity contribution in [1.29, 1.82) is 0 Å². The summed E-state index contributed by atoms with van der Waals surface area (Å²) in [4.78, 5) is 26.1. The van der Waals surface area contributed by atoms with Crippen LogP contribution in [0, 0.1) is 0 Å². The summed E-state index contributed by atoms with van der Waals surface area (Å²) in [5.74, 6) is 0.596. The number of piperazine rings is 1. The average molecular weight is 565 g/mol. The number of nitrogens with zero attached hydrogens (tertiary/aromatic N) is 5. The van der Waals surface area contributed by atoms with Gasteiger partial charge in [-0.15, -0.1) is 0 Å². The molecule has 1 saturated carbocycles. The topological polar surface area (TPSA) is 105 Å². The highest BCUT2D eigenvalue weighted by Gasteiger charge is 2.27. The van der Waals surface area contributed by atoms with Gasteiger partial charge in [-0.1, -0.05) is 24.3 Å². The third kappa shape index (κ3) is 7.36. The Morgan fingerprint density at radius 3 is 2.44 bits per heavy atom. The van der Waals surface area contributed by atoms with Crippen molar-refractivity contribution >= 4 is 23.1 Å². The summed E-state index contributed by atoms with van der Waals surface area (Å²) in [7, 11) is 1.68. The van der Waals surface area contributed by atoms with Crippen LogP contribution in [0.25, 0.3) is 22.2 Å². The molecule has 1 aromatic carbocycles. The number of hydrogen-bond acceptors (Lipinski definition) is 8. The van der Waals surface area contributed by atoms with E-state index in [4.69, 9.17) is 14.5 Å². The molecule has 2 N–H and O–H groups in total. The van der Waals surface area contributed by atoms with Gasteiger partial charge in [0.1, 0.15) is 11.2 Å². The number of methoxy groups -OCH3 is 1. The van der Waals surface area contributed by atoms with Gasteiger partial charge in [0, 0.05) is 75.8 Å². The number of carbonyl (C=O) groups excluding carboxylic acids is 1. The average Bonchev–Trinajstić information content (AvgIpc) is 3.32. The number of amides is 1. The maximum atomic E-state index is 12.4. The highest BCUT2D eigenvalue weighted by atomic mass is 16.6. The van der Waals surface area contributed by atoms with E-state index >= 15 is 0 Å². The van der Waals surface area contributed by atoms with Gasteiger partial charge in [-0.2, -0.15) is 4.98 Å². The molecule has 2 aromatic heterocycles. The maximum absolute atomic E-state index is 12.4. The molecular weight excluding hydrogens is 520 g/mol. The summed E-state index contributed by atoms with van der Waals surface area (Å²) >= 11 is 0. The number of nitrogens with one attached hydrogen (secondary N) is 1. The van der Waals surface area contributed by atoms with Gasteiger partial charge in [-0.3, -0.25) is 4.90 Å². The molecule has 0 bridgehead atoms. The number of anilines is 1. The fraction of sp³-hybridized carbons (Fsp3) is 0.581. The Morgan fingerprint density at radius 2 is 1.78 bits per heavy atom. The Kier molecular flexibility index (Phi) is 9.11. The van der Waals surface area contributed by atoms with Crippen molar-refractivity contribution in [2.75, 3.05) is 51.8 Å². The van der Waals surface area contributed by atoms with Crippen molar-refractivity contribution < 1.29 is 19.4 Å². The predicted molar refractivity (Wildman–Crippen MR) is 160 cm³/mol.